The summed E-state index contributed by atoms with van der Waals surface area (Å²) in [5.41, 5.74) is 2.32. The molecule has 1 amide bonds. The Bertz CT molecular complexity index is 535. The van der Waals surface area contributed by atoms with Gasteiger partial charge in [0, 0.05) is 11.7 Å². The van der Waals surface area contributed by atoms with Crippen molar-refractivity contribution in [3.63, 3.8) is 0 Å². The van der Waals surface area contributed by atoms with Gasteiger partial charge >= 0.3 is 0 Å². The third-order valence-corrected chi connectivity index (χ3v) is 4.13. The molecule has 1 heterocycles. The lowest BCUT2D eigenvalue weighted by atomic mass is 10.1. The molecule has 0 bridgehead atoms. The smallest absolute Gasteiger partial charge is 0.230 e. The number of thioether (sulfide) groups is 1. The Kier molecular flexibility index (Phi) is 6.03. The number of hydrogen-bond donors (Lipinski definition) is 1. The molecule has 0 radical (unpaired) electrons. The molecule has 4 nitrogen and oxygen atoms in total. The van der Waals surface area contributed by atoms with E-state index < -0.39 is 0 Å². The van der Waals surface area contributed by atoms with Gasteiger partial charge in [-0.2, -0.15) is 5.26 Å². The van der Waals surface area contributed by atoms with Crippen LogP contribution in [0, 0.1) is 31.1 Å². The molecule has 0 saturated carbocycles. The monoisotopic (exact) mass is 291 g/mol. The Hall–Kier alpha value is -1.54. The lowest BCUT2D eigenvalue weighted by Crippen LogP contribution is -2.37. The Morgan fingerprint density at radius 2 is 2.10 bits per heavy atom. The van der Waals surface area contributed by atoms with Crippen molar-refractivity contribution in [2.75, 3.05) is 5.75 Å². The van der Waals surface area contributed by atoms with E-state index in [1.54, 1.807) is 0 Å². The van der Waals surface area contributed by atoms with E-state index in [-0.39, 0.29) is 17.7 Å². The molecule has 20 heavy (non-hydrogen) atoms. The van der Waals surface area contributed by atoms with Crippen LogP contribution in [0.2, 0.25) is 0 Å². The standard InChI is InChI=1S/C15H21N3OS/c1-9(2)12(5)18-14(19)8-20-15-13(7-16)10(3)6-11(4)17-15/h6,9,12H,8H2,1-5H3,(H,18,19). The van der Waals surface area contributed by atoms with Crippen LogP contribution >= 0.6 is 11.8 Å². The lowest BCUT2D eigenvalue weighted by Gasteiger charge is -2.17. The third-order valence-electron chi connectivity index (χ3n) is 3.15. The number of carbonyl (C=O) groups excluding carboxylic acids is 1. The maximum atomic E-state index is 11.9. The molecule has 0 aliphatic rings. The first-order valence-electron chi connectivity index (χ1n) is 6.65. The molecule has 0 aromatic carbocycles. The molecule has 1 N–H and O–H groups in total. The predicted molar refractivity (Wildman–Crippen MR) is 81.6 cm³/mol. The van der Waals surface area contributed by atoms with Gasteiger partial charge in [0.15, 0.2) is 0 Å². The predicted octanol–water partition coefficient (Wildman–Crippen LogP) is 2.82. The summed E-state index contributed by atoms with van der Waals surface area (Å²) in [6, 6.07) is 4.18. The van der Waals surface area contributed by atoms with E-state index in [4.69, 9.17) is 5.26 Å². The summed E-state index contributed by atoms with van der Waals surface area (Å²) in [6.45, 7) is 9.90. The van der Waals surface area contributed by atoms with E-state index in [0.29, 0.717) is 16.5 Å². The first kappa shape index (κ1) is 16.5. The normalized spacial score (nSPS) is 12.1. The van der Waals surface area contributed by atoms with Gasteiger partial charge in [0.1, 0.15) is 11.1 Å². The summed E-state index contributed by atoms with van der Waals surface area (Å²) in [7, 11) is 0. The lowest BCUT2D eigenvalue weighted by molar-refractivity contribution is -0.119. The van der Waals surface area contributed by atoms with Crippen LogP contribution in [-0.4, -0.2) is 22.7 Å². The number of nitriles is 1. The van der Waals surface area contributed by atoms with Crippen molar-refractivity contribution < 1.29 is 4.79 Å². The number of aromatic nitrogens is 1. The highest BCUT2D eigenvalue weighted by Gasteiger charge is 2.14. The molecular weight excluding hydrogens is 270 g/mol. The molecule has 1 aromatic rings. The number of nitrogens with one attached hydrogen (secondary N) is 1. The van der Waals surface area contributed by atoms with Crippen LogP contribution < -0.4 is 5.32 Å². The van der Waals surface area contributed by atoms with Crippen LogP contribution in [0.1, 0.15) is 37.6 Å². The summed E-state index contributed by atoms with van der Waals surface area (Å²) in [5, 5.41) is 12.8. The van der Waals surface area contributed by atoms with Gasteiger partial charge in [0.05, 0.1) is 11.3 Å². The second-order valence-corrected chi connectivity index (χ2v) is 6.23. The van der Waals surface area contributed by atoms with Crippen LogP contribution in [0.25, 0.3) is 0 Å². The fraction of sp³-hybridized carbons (Fsp3) is 0.533. The van der Waals surface area contributed by atoms with Gasteiger partial charge in [-0.1, -0.05) is 25.6 Å². The molecule has 0 spiro atoms. The van der Waals surface area contributed by atoms with Gasteiger partial charge in [-0.3, -0.25) is 4.79 Å². The zero-order chi connectivity index (χ0) is 15.3. The first-order valence-corrected chi connectivity index (χ1v) is 7.64. The Labute approximate surface area is 125 Å². The molecule has 108 valence electrons. The minimum Gasteiger partial charge on any atom is -0.353 e. The van der Waals surface area contributed by atoms with Crippen molar-refractivity contribution in [1.29, 1.82) is 5.26 Å². The molecule has 1 aromatic heterocycles. The Morgan fingerprint density at radius 3 is 2.65 bits per heavy atom. The topological polar surface area (TPSA) is 65.8 Å². The van der Waals surface area contributed by atoms with Gasteiger partial charge in [0.25, 0.3) is 0 Å². The Balaban J connectivity index is 2.71. The highest BCUT2D eigenvalue weighted by atomic mass is 32.2. The van der Waals surface area contributed by atoms with Crippen molar-refractivity contribution in [2.24, 2.45) is 5.92 Å². The van der Waals surface area contributed by atoms with Gasteiger partial charge < -0.3 is 5.32 Å². The first-order chi connectivity index (χ1) is 9.35. The summed E-state index contributed by atoms with van der Waals surface area (Å²) in [6.07, 6.45) is 0. The number of carbonyl (C=O) groups is 1. The molecule has 1 rings (SSSR count). The highest BCUT2D eigenvalue weighted by molar-refractivity contribution is 8.00. The van der Waals surface area contributed by atoms with Crippen LogP contribution in [0.5, 0.6) is 0 Å². The van der Waals surface area contributed by atoms with Crippen LogP contribution in [0.4, 0.5) is 0 Å². The van der Waals surface area contributed by atoms with Crippen LogP contribution in [-0.2, 0) is 4.79 Å². The quantitative estimate of drug-likeness (QED) is 0.847. The fourth-order valence-corrected chi connectivity index (χ4v) is 2.55. The molecule has 0 aliphatic heterocycles. The van der Waals surface area contributed by atoms with Gasteiger partial charge in [-0.15, -0.1) is 0 Å². The maximum Gasteiger partial charge on any atom is 0.230 e. The number of aryl methyl sites for hydroxylation is 2. The largest absolute Gasteiger partial charge is 0.353 e. The number of nitrogens with zero attached hydrogens (tertiary/aromatic N) is 2. The maximum absolute atomic E-state index is 11.9. The van der Waals surface area contributed by atoms with Crippen LogP contribution in [0.15, 0.2) is 11.1 Å². The average molecular weight is 291 g/mol. The number of rotatable bonds is 5. The third kappa shape index (κ3) is 4.53. The van der Waals surface area contributed by atoms with E-state index in [2.05, 4.69) is 30.2 Å². The number of amides is 1. The molecular formula is C15H21N3OS. The Morgan fingerprint density at radius 1 is 1.45 bits per heavy atom. The summed E-state index contributed by atoms with van der Waals surface area (Å²) >= 11 is 1.32. The second-order valence-electron chi connectivity index (χ2n) is 5.26. The van der Waals surface area contributed by atoms with E-state index in [0.717, 1.165) is 11.3 Å². The van der Waals surface area contributed by atoms with Crippen molar-refractivity contribution in [2.45, 2.75) is 45.7 Å². The molecule has 0 aliphatic carbocycles. The van der Waals surface area contributed by atoms with Crippen molar-refractivity contribution in [3.8, 4) is 6.07 Å². The van der Waals surface area contributed by atoms with Crippen LogP contribution in [0.3, 0.4) is 0 Å². The number of pyridine rings is 1. The molecule has 5 heteroatoms. The minimum atomic E-state index is -0.0268. The summed E-state index contributed by atoms with van der Waals surface area (Å²) in [5.74, 6) is 0.653. The fourth-order valence-electron chi connectivity index (χ4n) is 1.64. The zero-order valence-corrected chi connectivity index (χ0v) is 13.5. The molecule has 0 fully saturated rings. The van der Waals surface area contributed by atoms with Crippen molar-refractivity contribution >= 4 is 17.7 Å². The molecule has 1 unspecified atom stereocenters. The number of hydrogen-bond acceptors (Lipinski definition) is 4. The SMILES string of the molecule is Cc1cc(C)c(C#N)c(SCC(=O)NC(C)C(C)C)n1. The van der Waals surface area contributed by atoms with Crippen molar-refractivity contribution in [1.82, 2.24) is 10.3 Å². The minimum absolute atomic E-state index is 0.0268. The molecule has 0 saturated heterocycles. The van der Waals surface area contributed by atoms with E-state index >= 15 is 0 Å². The molecule has 1 atom stereocenters. The second kappa shape index (κ2) is 7.30. The summed E-state index contributed by atoms with van der Waals surface area (Å²) < 4.78 is 0. The van der Waals surface area contributed by atoms with Gasteiger partial charge in [-0.25, -0.2) is 4.98 Å². The van der Waals surface area contributed by atoms with E-state index in [1.165, 1.54) is 11.8 Å². The zero-order valence-electron chi connectivity index (χ0n) is 12.7. The average Bonchev–Trinajstić information content (AvgIpc) is 2.35. The van der Waals surface area contributed by atoms with Gasteiger partial charge in [0.2, 0.25) is 5.91 Å². The van der Waals surface area contributed by atoms with Crippen molar-refractivity contribution in [3.05, 3.63) is 22.9 Å². The van der Waals surface area contributed by atoms with E-state index in [9.17, 15) is 4.79 Å². The highest BCUT2D eigenvalue weighted by Crippen LogP contribution is 2.23. The van der Waals surface area contributed by atoms with E-state index in [1.807, 2.05) is 26.8 Å². The van der Waals surface area contributed by atoms with Gasteiger partial charge in [-0.05, 0) is 38.3 Å². The summed E-state index contributed by atoms with van der Waals surface area (Å²) in [4.78, 5) is 16.2.